The Balaban J connectivity index is 2.66. The molecule has 0 aliphatic heterocycles. The molecule has 0 bridgehead atoms. The van der Waals surface area contributed by atoms with E-state index in [0.29, 0.717) is 12.3 Å². The monoisotopic (exact) mass is 281 g/mol. The Labute approximate surface area is 102 Å². The molecule has 0 aliphatic rings. The van der Waals surface area contributed by atoms with Crippen molar-refractivity contribution in [3.63, 3.8) is 0 Å². The van der Waals surface area contributed by atoms with Gasteiger partial charge in [-0.2, -0.15) is 0 Å². The largest absolute Gasteiger partial charge is 0.461 e. The lowest BCUT2D eigenvalue weighted by Crippen LogP contribution is -2.10. The highest BCUT2D eigenvalue weighted by Crippen LogP contribution is 2.30. The molecule has 0 amide bonds. The Morgan fingerprint density at radius 1 is 1.44 bits per heavy atom. The van der Waals surface area contributed by atoms with Gasteiger partial charge in [-0.3, -0.25) is 0 Å². The Hall–Kier alpha value is -1.29. The smallest absolute Gasteiger partial charge is 0.356 e. The summed E-state index contributed by atoms with van der Waals surface area (Å²) in [7, 11) is 1.86. The fraction of sp³-hybridized carbons (Fsp3) is 0.250. The number of ether oxygens (including phenoxy) is 1. The molecule has 84 valence electrons. The maximum absolute atomic E-state index is 11.8. The number of rotatable bonds is 2. The molecule has 3 nitrogen and oxygen atoms in total. The van der Waals surface area contributed by atoms with Gasteiger partial charge in [0.05, 0.1) is 11.1 Å². The van der Waals surface area contributed by atoms with Gasteiger partial charge in [0.1, 0.15) is 5.69 Å². The zero-order valence-electron chi connectivity index (χ0n) is 9.16. The molecule has 0 saturated heterocycles. The van der Waals surface area contributed by atoms with Crippen molar-refractivity contribution in [3.05, 3.63) is 34.4 Å². The number of aromatic nitrogens is 1. The van der Waals surface area contributed by atoms with Crippen LogP contribution in [0.1, 0.15) is 17.4 Å². The molecule has 2 rings (SSSR count). The second-order valence-corrected chi connectivity index (χ2v) is 4.25. The maximum atomic E-state index is 11.8. The molecule has 0 aliphatic carbocycles. The lowest BCUT2D eigenvalue weighted by Gasteiger charge is -2.03. The summed E-state index contributed by atoms with van der Waals surface area (Å²) in [6, 6.07) is 7.84. The molecule has 1 aromatic carbocycles. The van der Waals surface area contributed by atoms with Crippen LogP contribution in [0.2, 0.25) is 0 Å². The summed E-state index contributed by atoms with van der Waals surface area (Å²) >= 11 is 3.45. The number of esters is 1. The van der Waals surface area contributed by atoms with Crippen molar-refractivity contribution in [2.75, 3.05) is 6.61 Å². The number of para-hydroxylation sites is 1. The number of carbonyl (C=O) groups excluding carboxylic acids is 1. The first kappa shape index (κ1) is 11.2. The van der Waals surface area contributed by atoms with Crippen LogP contribution in [0.5, 0.6) is 0 Å². The maximum Gasteiger partial charge on any atom is 0.356 e. The third-order valence-corrected chi connectivity index (χ3v) is 3.32. The quantitative estimate of drug-likeness (QED) is 0.792. The van der Waals surface area contributed by atoms with Crippen molar-refractivity contribution in [1.29, 1.82) is 0 Å². The summed E-state index contributed by atoms with van der Waals surface area (Å²) in [6.07, 6.45) is 0. The molecular weight excluding hydrogens is 270 g/mol. The van der Waals surface area contributed by atoms with E-state index in [2.05, 4.69) is 15.9 Å². The van der Waals surface area contributed by atoms with Crippen LogP contribution in [0.4, 0.5) is 0 Å². The van der Waals surface area contributed by atoms with Crippen LogP contribution in [0, 0.1) is 0 Å². The van der Waals surface area contributed by atoms with Crippen molar-refractivity contribution in [3.8, 4) is 0 Å². The summed E-state index contributed by atoms with van der Waals surface area (Å²) in [5.41, 5.74) is 1.57. The number of nitrogens with zero attached hydrogens (tertiary/aromatic N) is 1. The summed E-state index contributed by atoms with van der Waals surface area (Å²) in [4.78, 5) is 11.8. The third kappa shape index (κ3) is 1.63. The molecule has 16 heavy (non-hydrogen) atoms. The van der Waals surface area contributed by atoms with Crippen LogP contribution in [0.3, 0.4) is 0 Å². The van der Waals surface area contributed by atoms with Gasteiger partial charge in [0.15, 0.2) is 0 Å². The molecule has 0 atom stereocenters. The highest BCUT2D eigenvalue weighted by atomic mass is 79.9. The van der Waals surface area contributed by atoms with Crippen LogP contribution in [-0.2, 0) is 11.8 Å². The van der Waals surface area contributed by atoms with Crippen LogP contribution >= 0.6 is 15.9 Å². The molecule has 4 heteroatoms. The van der Waals surface area contributed by atoms with E-state index in [0.717, 1.165) is 15.4 Å². The molecule has 0 saturated carbocycles. The van der Waals surface area contributed by atoms with E-state index in [1.807, 2.05) is 35.9 Å². The molecule has 0 fully saturated rings. The summed E-state index contributed by atoms with van der Waals surface area (Å²) in [5.74, 6) is -0.298. The predicted octanol–water partition coefficient (Wildman–Crippen LogP) is 3.12. The topological polar surface area (TPSA) is 31.2 Å². The zero-order valence-corrected chi connectivity index (χ0v) is 10.7. The van der Waals surface area contributed by atoms with Crippen LogP contribution in [0.15, 0.2) is 28.7 Å². The van der Waals surface area contributed by atoms with Crippen LogP contribution < -0.4 is 0 Å². The SMILES string of the molecule is CCOC(=O)c1c(Br)c2ccccc2n1C. The minimum atomic E-state index is -0.298. The normalized spacial score (nSPS) is 10.7. The van der Waals surface area contributed by atoms with Crippen LogP contribution in [-0.4, -0.2) is 17.1 Å². The zero-order chi connectivity index (χ0) is 11.7. The van der Waals surface area contributed by atoms with Crippen molar-refractivity contribution in [2.45, 2.75) is 6.92 Å². The number of fused-ring (bicyclic) bond motifs is 1. The average molecular weight is 282 g/mol. The Bertz CT molecular complexity index is 506. The number of aryl methyl sites for hydroxylation is 1. The molecule has 1 aromatic heterocycles. The number of halogens is 1. The van der Waals surface area contributed by atoms with E-state index in [1.54, 1.807) is 6.92 Å². The van der Waals surface area contributed by atoms with Crippen molar-refractivity contribution in [2.24, 2.45) is 7.05 Å². The molecule has 0 unspecified atom stereocenters. The van der Waals surface area contributed by atoms with E-state index in [9.17, 15) is 4.79 Å². The second kappa shape index (κ2) is 4.29. The van der Waals surface area contributed by atoms with Crippen LogP contribution in [0.25, 0.3) is 10.9 Å². The first-order valence-electron chi connectivity index (χ1n) is 5.06. The molecule has 0 radical (unpaired) electrons. The Morgan fingerprint density at radius 3 is 2.75 bits per heavy atom. The summed E-state index contributed by atoms with van der Waals surface area (Å²) in [6.45, 7) is 2.18. The van der Waals surface area contributed by atoms with Crippen molar-refractivity contribution >= 4 is 32.8 Å². The lowest BCUT2D eigenvalue weighted by molar-refractivity contribution is 0.0514. The molecule has 0 N–H and O–H groups in total. The van der Waals surface area contributed by atoms with E-state index < -0.39 is 0 Å². The highest BCUT2D eigenvalue weighted by molar-refractivity contribution is 9.10. The fourth-order valence-electron chi connectivity index (χ4n) is 1.77. The predicted molar refractivity (Wildman–Crippen MR) is 66.6 cm³/mol. The lowest BCUT2D eigenvalue weighted by atomic mass is 10.2. The first-order valence-corrected chi connectivity index (χ1v) is 5.86. The van der Waals surface area contributed by atoms with Gasteiger partial charge in [0.25, 0.3) is 0 Å². The average Bonchev–Trinajstić information content (AvgIpc) is 2.53. The standard InChI is InChI=1S/C12H12BrNO2/c1-3-16-12(15)11-10(13)8-6-4-5-7-9(8)14(11)2/h4-7H,3H2,1-2H3. The van der Waals surface area contributed by atoms with E-state index in [1.165, 1.54) is 0 Å². The molecule has 1 heterocycles. The number of hydrogen-bond donors (Lipinski definition) is 0. The van der Waals surface area contributed by atoms with Crippen molar-refractivity contribution in [1.82, 2.24) is 4.57 Å². The number of benzene rings is 1. The van der Waals surface area contributed by atoms with Gasteiger partial charge >= 0.3 is 5.97 Å². The van der Waals surface area contributed by atoms with Gasteiger partial charge in [-0.1, -0.05) is 18.2 Å². The van der Waals surface area contributed by atoms with Gasteiger partial charge < -0.3 is 9.30 Å². The van der Waals surface area contributed by atoms with E-state index >= 15 is 0 Å². The summed E-state index contributed by atoms with van der Waals surface area (Å²) in [5, 5.41) is 1.02. The molecule has 0 spiro atoms. The number of carbonyl (C=O) groups is 1. The van der Waals surface area contributed by atoms with E-state index in [4.69, 9.17) is 4.74 Å². The van der Waals surface area contributed by atoms with Crippen molar-refractivity contribution < 1.29 is 9.53 Å². The third-order valence-electron chi connectivity index (χ3n) is 2.51. The Kier molecular flexibility index (Phi) is 3.01. The van der Waals surface area contributed by atoms with Gasteiger partial charge in [0.2, 0.25) is 0 Å². The second-order valence-electron chi connectivity index (χ2n) is 3.46. The summed E-state index contributed by atoms with van der Waals surface area (Å²) < 4.78 is 7.67. The first-order chi connectivity index (χ1) is 7.66. The minimum Gasteiger partial charge on any atom is -0.461 e. The fourth-order valence-corrected chi connectivity index (χ4v) is 2.54. The van der Waals surface area contributed by atoms with Gasteiger partial charge in [-0.25, -0.2) is 4.79 Å². The Morgan fingerprint density at radius 2 is 2.12 bits per heavy atom. The van der Waals surface area contributed by atoms with Gasteiger partial charge in [-0.05, 0) is 28.9 Å². The minimum absolute atomic E-state index is 0.298. The number of hydrogen-bond acceptors (Lipinski definition) is 2. The highest BCUT2D eigenvalue weighted by Gasteiger charge is 2.19. The van der Waals surface area contributed by atoms with Gasteiger partial charge in [-0.15, -0.1) is 0 Å². The molecule has 2 aromatic rings. The van der Waals surface area contributed by atoms with E-state index in [-0.39, 0.29) is 5.97 Å². The molecular formula is C12H12BrNO2. The van der Waals surface area contributed by atoms with Gasteiger partial charge in [0, 0.05) is 18.0 Å².